The third kappa shape index (κ3) is 6.61. The van der Waals surface area contributed by atoms with E-state index in [1.807, 2.05) is 6.07 Å². The molecule has 0 spiro atoms. The summed E-state index contributed by atoms with van der Waals surface area (Å²) in [7, 11) is 0. The molecule has 1 aromatic heterocycles. The molecule has 300 valence electrons. The van der Waals surface area contributed by atoms with Crippen LogP contribution in [0.5, 0.6) is 0 Å². The molecule has 0 atom stereocenters. The predicted molar refractivity (Wildman–Crippen MR) is 271 cm³/mol. The van der Waals surface area contributed by atoms with E-state index < -0.39 is 0 Å². The summed E-state index contributed by atoms with van der Waals surface area (Å²) in [6.07, 6.45) is 0. The smallest absolute Gasteiger partial charge is 0.143 e. The number of anilines is 3. The van der Waals surface area contributed by atoms with E-state index in [1.165, 1.54) is 43.8 Å². The third-order valence-electron chi connectivity index (χ3n) is 12.7. The van der Waals surface area contributed by atoms with Crippen LogP contribution in [0.1, 0.15) is 0 Å². The molecular formula is C62H41NO. The van der Waals surface area contributed by atoms with Crippen molar-refractivity contribution in [3.8, 4) is 55.6 Å². The first-order valence-corrected chi connectivity index (χ1v) is 21.9. The zero-order valence-corrected chi connectivity index (χ0v) is 35.0. The average molecular weight is 816 g/mol. The Bertz CT molecular complexity index is 3650. The van der Waals surface area contributed by atoms with Crippen molar-refractivity contribution in [1.82, 2.24) is 0 Å². The van der Waals surface area contributed by atoms with Gasteiger partial charge in [-0.1, -0.05) is 212 Å². The van der Waals surface area contributed by atoms with Crippen molar-refractivity contribution < 1.29 is 4.42 Å². The van der Waals surface area contributed by atoms with Gasteiger partial charge in [0.05, 0.1) is 11.4 Å². The summed E-state index contributed by atoms with van der Waals surface area (Å²) in [5, 5.41) is 7.18. The van der Waals surface area contributed by atoms with Crippen LogP contribution in [0.4, 0.5) is 17.1 Å². The average Bonchev–Trinajstić information content (AvgIpc) is 3.76. The monoisotopic (exact) mass is 815 g/mol. The molecular weight excluding hydrogens is 775 g/mol. The van der Waals surface area contributed by atoms with Gasteiger partial charge in [-0.05, 0) is 96.9 Å². The number of hydrogen-bond donors (Lipinski definition) is 0. The van der Waals surface area contributed by atoms with E-state index in [0.717, 1.165) is 72.4 Å². The maximum Gasteiger partial charge on any atom is 0.143 e. The van der Waals surface area contributed by atoms with Gasteiger partial charge in [-0.2, -0.15) is 0 Å². The standard InChI is InChI=1S/C62H41NO/c1-2-15-46(16-3-1)54-39-36-50(49-33-30-42-14-4-5-18-48(42)40-49)41-60(54)63(59-26-10-8-21-55(59)57-24-13-25-58-56-22-9-11-27-61(56)64-62(57)58)51-37-34-44(35-38-51)43-28-31-47(32-29-43)53-23-12-19-45-17-6-7-20-52(45)53/h1-41H. The second kappa shape index (κ2) is 15.8. The minimum absolute atomic E-state index is 0.881. The van der Waals surface area contributed by atoms with Crippen LogP contribution >= 0.6 is 0 Å². The van der Waals surface area contributed by atoms with Crippen LogP contribution < -0.4 is 4.90 Å². The van der Waals surface area contributed by atoms with E-state index in [9.17, 15) is 0 Å². The van der Waals surface area contributed by atoms with Gasteiger partial charge in [0.25, 0.3) is 0 Å². The Morgan fingerprint density at radius 2 is 0.812 bits per heavy atom. The van der Waals surface area contributed by atoms with Gasteiger partial charge < -0.3 is 9.32 Å². The number of fused-ring (bicyclic) bond motifs is 5. The molecule has 11 aromatic carbocycles. The van der Waals surface area contributed by atoms with Crippen LogP contribution in [0.15, 0.2) is 253 Å². The van der Waals surface area contributed by atoms with Crippen LogP contribution in [0.2, 0.25) is 0 Å². The van der Waals surface area contributed by atoms with Crippen LogP contribution in [0.25, 0.3) is 99.1 Å². The molecule has 0 N–H and O–H groups in total. The summed E-state index contributed by atoms with van der Waals surface area (Å²) in [6, 6.07) is 89.8. The first-order valence-electron chi connectivity index (χ1n) is 21.9. The van der Waals surface area contributed by atoms with E-state index in [4.69, 9.17) is 4.42 Å². The number of benzene rings is 11. The van der Waals surface area contributed by atoms with Gasteiger partial charge in [-0.3, -0.25) is 0 Å². The molecule has 1 heterocycles. The Morgan fingerprint density at radius 3 is 1.66 bits per heavy atom. The summed E-state index contributed by atoms with van der Waals surface area (Å²) in [6.45, 7) is 0. The van der Waals surface area contributed by atoms with Crippen LogP contribution in [0.3, 0.4) is 0 Å². The molecule has 64 heavy (non-hydrogen) atoms. The largest absolute Gasteiger partial charge is 0.455 e. The molecule has 0 unspecified atom stereocenters. The molecule has 2 heteroatoms. The van der Waals surface area contributed by atoms with Gasteiger partial charge >= 0.3 is 0 Å². The second-order valence-electron chi connectivity index (χ2n) is 16.4. The molecule has 0 saturated carbocycles. The molecule has 0 aliphatic carbocycles. The molecule has 0 amide bonds. The number of furan rings is 1. The second-order valence-corrected chi connectivity index (χ2v) is 16.4. The summed E-state index contributed by atoms with van der Waals surface area (Å²) in [5.74, 6) is 0. The molecule has 2 nitrogen and oxygen atoms in total. The Hall–Kier alpha value is -8.46. The van der Waals surface area contributed by atoms with Gasteiger partial charge in [0.15, 0.2) is 0 Å². The molecule has 0 bridgehead atoms. The van der Waals surface area contributed by atoms with Crippen molar-refractivity contribution in [3.05, 3.63) is 249 Å². The van der Waals surface area contributed by atoms with Crippen molar-refractivity contribution >= 4 is 60.5 Å². The van der Waals surface area contributed by atoms with Gasteiger partial charge in [0.1, 0.15) is 11.2 Å². The molecule has 0 saturated heterocycles. The lowest BCUT2D eigenvalue weighted by molar-refractivity contribution is 0.670. The lowest BCUT2D eigenvalue weighted by atomic mass is 9.94. The van der Waals surface area contributed by atoms with E-state index in [1.54, 1.807) is 0 Å². The summed E-state index contributed by atoms with van der Waals surface area (Å²) in [4.78, 5) is 2.44. The summed E-state index contributed by atoms with van der Waals surface area (Å²) in [5.41, 5.74) is 16.4. The zero-order chi connectivity index (χ0) is 42.4. The number of hydrogen-bond acceptors (Lipinski definition) is 2. The van der Waals surface area contributed by atoms with Crippen molar-refractivity contribution in [2.24, 2.45) is 0 Å². The molecule has 0 radical (unpaired) electrons. The van der Waals surface area contributed by atoms with E-state index >= 15 is 0 Å². The Labute approximate surface area is 372 Å². The van der Waals surface area contributed by atoms with Gasteiger partial charge in [0.2, 0.25) is 0 Å². The Balaban J connectivity index is 1.04. The van der Waals surface area contributed by atoms with Gasteiger partial charge in [-0.15, -0.1) is 0 Å². The predicted octanol–water partition coefficient (Wildman–Crippen LogP) is 17.7. The highest BCUT2D eigenvalue weighted by atomic mass is 16.3. The SMILES string of the molecule is c1ccc(-c2ccc(-c3ccc4ccccc4c3)cc2N(c2ccc(-c3ccc(-c4cccc5ccccc45)cc3)cc2)c2ccccc2-c2cccc3c2oc2ccccc23)cc1. The lowest BCUT2D eigenvalue weighted by Gasteiger charge is -2.30. The lowest BCUT2D eigenvalue weighted by Crippen LogP contribution is -2.12. The van der Waals surface area contributed by atoms with E-state index in [-0.39, 0.29) is 0 Å². The van der Waals surface area contributed by atoms with E-state index in [0.29, 0.717) is 0 Å². The molecule has 0 fully saturated rings. The maximum absolute atomic E-state index is 6.69. The van der Waals surface area contributed by atoms with E-state index in [2.05, 4.69) is 248 Å². The van der Waals surface area contributed by atoms with Crippen molar-refractivity contribution in [2.75, 3.05) is 4.90 Å². The Morgan fingerprint density at radius 1 is 0.266 bits per heavy atom. The third-order valence-corrected chi connectivity index (χ3v) is 12.7. The summed E-state index contributed by atoms with van der Waals surface area (Å²) >= 11 is 0. The van der Waals surface area contributed by atoms with Crippen LogP contribution in [-0.2, 0) is 0 Å². The molecule has 12 rings (SSSR count). The van der Waals surface area contributed by atoms with Crippen molar-refractivity contribution in [2.45, 2.75) is 0 Å². The number of nitrogens with zero attached hydrogens (tertiary/aromatic N) is 1. The van der Waals surface area contributed by atoms with Crippen molar-refractivity contribution in [3.63, 3.8) is 0 Å². The highest BCUT2D eigenvalue weighted by Gasteiger charge is 2.23. The van der Waals surface area contributed by atoms with Gasteiger partial charge in [-0.25, -0.2) is 0 Å². The normalized spacial score (nSPS) is 11.4. The fourth-order valence-corrected chi connectivity index (χ4v) is 9.51. The highest BCUT2D eigenvalue weighted by molar-refractivity contribution is 6.11. The van der Waals surface area contributed by atoms with Crippen LogP contribution in [-0.4, -0.2) is 0 Å². The number of rotatable bonds is 8. The van der Waals surface area contributed by atoms with Crippen molar-refractivity contribution in [1.29, 1.82) is 0 Å². The molecule has 12 aromatic rings. The fourth-order valence-electron chi connectivity index (χ4n) is 9.51. The topological polar surface area (TPSA) is 16.4 Å². The quantitative estimate of drug-likeness (QED) is 0.152. The Kier molecular flexibility index (Phi) is 9.20. The minimum Gasteiger partial charge on any atom is -0.455 e. The highest BCUT2D eigenvalue weighted by Crippen LogP contribution is 2.48. The first-order chi connectivity index (χ1) is 31.7. The first kappa shape index (κ1) is 37.3. The molecule has 0 aliphatic heterocycles. The van der Waals surface area contributed by atoms with Crippen LogP contribution in [0, 0.1) is 0 Å². The van der Waals surface area contributed by atoms with Gasteiger partial charge in [0, 0.05) is 33.2 Å². The maximum atomic E-state index is 6.69. The molecule has 0 aliphatic rings. The zero-order valence-electron chi connectivity index (χ0n) is 35.0. The minimum atomic E-state index is 0.881. The fraction of sp³-hybridized carbons (Fsp3) is 0. The number of para-hydroxylation sites is 3. The summed E-state index contributed by atoms with van der Waals surface area (Å²) < 4.78 is 6.69.